The van der Waals surface area contributed by atoms with Gasteiger partial charge in [0.1, 0.15) is 4.47 Å². The summed E-state index contributed by atoms with van der Waals surface area (Å²) < 4.78 is 12.4. The van der Waals surface area contributed by atoms with Gasteiger partial charge in [0.05, 0.1) is 34.2 Å². The molecule has 29 heavy (non-hydrogen) atoms. The molecule has 1 spiro atoms. The van der Waals surface area contributed by atoms with Gasteiger partial charge in [-0.05, 0) is 59.6 Å². The molecule has 0 saturated carbocycles. The van der Waals surface area contributed by atoms with Crippen LogP contribution in [-0.4, -0.2) is 24.8 Å². The molecule has 4 rings (SSSR count). The Morgan fingerprint density at radius 3 is 2.59 bits per heavy atom. The molecule has 0 aromatic heterocycles. The maximum Gasteiger partial charge on any atom is 0.288 e. The first-order valence-corrected chi connectivity index (χ1v) is 10.3. The highest BCUT2D eigenvalue weighted by Gasteiger charge is 2.59. The van der Waals surface area contributed by atoms with Gasteiger partial charge in [0.25, 0.3) is 5.69 Å². The molecule has 2 heterocycles. The molecule has 0 N–H and O–H groups in total. The van der Waals surface area contributed by atoms with Crippen molar-refractivity contribution in [2.45, 2.75) is 25.0 Å². The smallest absolute Gasteiger partial charge is 0.288 e. The lowest BCUT2D eigenvalue weighted by molar-refractivity contribution is -0.385. The van der Waals surface area contributed by atoms with Crippen molar-refractivity contribution < 1.29 is 14.4 Å². The molecule has 2 aromatic carbocycles. The van der Waals surface area contributed by atoms with E-state index in [0.29, 0.717) is 25.8 Å². The Balaban J connectivity index is 1.95. The zero-order chi connectivity index (χ0) is 21.3. The lowest BCUT2D eigenvalue weighted by Crippen LogP contribution is -2.58. The van der Waals surface area contributed by atoms with Crippen LogP contribution in [0.1, 0.15) is 25.0 Å². The van der Waals surface area contributed by atoms with Crippen molar-refractivity contribution in [3.05, 3.63) is 60.0 Å². The molecule has 2 aliphatic heterocycles. The van der Waals surface area contributed by atoms with Gasteiger partial charge in [0.2, 0.25) is 5.72 Å². The molecule has 2 aliphatic rings. The number of rotatable bonds is 2. The van der Waals surface area contributed by atoms with E-state index in [1.165, 1.54) is 13.2 Å². The second kappa shape index (κ2) is 6.52. The maximum absolute atomic E-state index is 11.4. The highest BCUT2D eigenvalue weighted by molar-refractivity contribution is 9.10. The van der Waals surface area contributed by atoms with Crippen LogP contribution in [0.4, 0.5) is 11.4 Å². The molecule has 6 nitrogen and oxygen atoms in total. The quantitative estimate of drug-likeness (QED) is 0.363. The van der Waals surface area contributed by atoms with Crippen molar-refractivity contribution in [3.63, 3.8) is 0 Å². The molecule has 0 radical (unpaired) electrons. The highest BCUT2D eigenvalue weighted by atomic mass is 79.9. The van der Waals surface area contributed by atoms with Crippen LogP contribution in [0.25, 0.3) is 6.08 Å². The van der Waals surface area contributed by atoms with Crippen LogP contribution >= 0.6 is 39.1 Å². The van der Waals surface area contributed by atoms with Crippen LogP contribution in [0.15, 0.2) is 28.7 Å². The van der Waals surface area contributed by atoms with Crippen LogP contribution in [0.3, 0.4) is 0 Å². The molecule has 0 bridgehead atoms. The number of halogens is 3. The van der Waals surface area contributed by atoms with Gasteiger partial charge in [-0.1, -0.05) is 23.2 Å². The van der Waals surface area contributed by atoms with E-state index in [1.807, 2.05) is 44.0 Å². The average molecular weight is 500 g/mol. The Morgan fingerprint density at radius 2 is 1.97 bits per heavy atom. The lowest BCUT2D eigenvalue weighted by atomic mass is 9.76. The number of anilines is 1. The van der Waals surface area contributed by atoms with Crippen LogP contribution < -0.4 is 14.4 Å². The highest BCUT2D eigenvalue weighted by Crippen LogP contribution is 2.58. The molecule has 2 aromatic rings. The van der Waals surface area contributed by atoms with Crippen molar-refractivity contribution in [1.82, 2.24) is 0 Å². The van der Waals surface area contributed by atoms with Crippen molar-refractivity contribution in [1.29, 1.82) is 0 Å². The van der Waals surface area contributed by atoms with Crippen molar-refractivity contribution in [2.24, 2.45) is 0 Å². The van der Waals surface area contributed by atoms with Gasteiger partial charge in [-0.3, -0.25) is 10.1 Å². The minimum atomic E-state index is -0.931. The topological polar surface area (TPSA) is 64.8 Å². The molecule has 1 unspecified atom stereocenters. The Kier molecular flexibility index (Phi) is 4.57. The van der Waals surface area contributed by atoms with Crippen LogP contribution in [0.2, 0.25) is 10.0 Å². The summed E-state index contributed by atoms with van der Waals surface area (Å²) in [6.45, 7) is 4.09. The number of likely N-dealkylation sites (N-methyl/N-ethyl adjacent to an activating group) is 1. The lowest BCUT2D eigenvalue weighted by Gasteiger charge is -2.46. The van der Waals surface area contributed by atoms with Crippen molar-refractivity contribution in [2.75, 3.05) is 19.1 Å². The zero-order valence-corrected chi connectivity index (χ0v) is 19.1. The van der Waals surface area contributed by atoms with Gasteiger partial charge >= 0.3 is 0 Å². The molecule has 0 aliphatic carbocycles. The summed E-state index contributed by atoms with van der Waals surface area (Å²) in [5, 5.41) is 12.5. The second-order valence-electron chi connectivity index (χ2n) is 7.51. The first-order valence-electron chi connectivity index (χ1n) is 8.71. The standard InChI is InChI=1S/C20H17BrCl2N2O4/c1-19(2)12-7-10(22)8-13(23)17(12)24(3)20(19)6-5-11-16(21)14(25(26)27)9-15(28-4)18(11)29-20/h5-9H,1-4H3. The average Bonchev–Trinajstić information content (AvgIpc) is 2.80. The molecule has 0 amide bonds. The number of ether oxygens (including phenoxy) is 2. The van der Waals surface area contributed by atoms with Crippen molar-refractivity contribution in [3.8, 4) is 11.5 Å². The molecule has 0 saturated heterocycles. The number of methoxy groups -OCH3 is 1. The third kappa shape index (κ3) is 2.60. The van der Waals surface area contributed by atoms with E-state index in [1.54, 1.807) is 6.07 Å². The van der Waals surface area contributed by atoms with Gasteiger partial charge in [-0.2, -0.15) is 0 Å². The Bertz CT molecular complexity index is 1100. The molecular weight excluding hydrogens is 483 g/mol. The Hall–Kier alpha value is -1.96. The minimum Gasteiger partial charge on any atom is -0.493 e. The number of nitro groups is 1. The predicted molar refractivity (Wildman–Crippen MR) is 118 cm³/mol. The summed E-state index contributed by atoms with van der Waals surface area (Å²) in [5.74, 6) is 0.699. The van der Waals surface area contributed by atoms with E-state index in [-0.39, 0.29) is 11.4 Å². The van der Waals surface area contributed by atoms with E-state index >= 15 is 0 Å². The summed E-state index contributed by atoms with van der Waals surface area (Å²) >= 11 is 16.1. The summed E-state index contributed by atoms with van der Waals surface area (Å²) in [5.41, 5.74) is 0.756. The third-order valence-electron chi connectivity index (χ3n) is 5.78. The molecular formula is C20H17BrCl2N2O4. The normalized spacial score (nSPS) is 21.0. The van der Waals surface area contributed by atoms with E-state index in [2.05, 4.69) is 15.9 Å². The van der Waals surface area contributed by atoms with Gasteiger partial charge in [0, 0.05) is 17.6 Å². The number of hydrogen-bond acceptors (Lipinski definition) is 5. The van der Waals surface area contributed by atoms with E-state index in [9.17, 15) is 10.1 Å². The van der Waals surface area contributed by atoms with Crippen molar-refractivity contribution >= 4 is 56.6 Å². The van der Waals surface area contributed by atoms with Gasteiger partial charge in [-0.25, -0.2) is 0 Å². The fourth-order valence-electron chi connectivity index (χ4n) is 4.23. The summed E-state index contributed by atoms with van der Waals surface area (Å²) in [7, 11) is 3.35. The van der Waals surface area contributed by atoms with Gasteiger partial charge in [-0.15, -0.1) is 0 Å². The molecule has 9 heteroatoms. The monoisotopic (exact) mass is 498 g/mol. The molecule has 0 fully saturated rings. The maximum atomic E-state index is 11.4. The Labute approximate surface area is 186 Å². The van der Waals surface area contributed by atoms with E-state index in [0.717, 1.165) is 11.3 Å². The van der Waals surface area contributed by atoms with E-state index in [4.69, 9.17) is 32.7 Å². The SMILES string of the molecule is COc1cc([N+](=O)[O-])c(Br)c2c1OC1(C=C2)N(C)c2c(Cl)cc(Cl)cc2C1(C)C. The largest absolute Gasteiger partial charge is 0.493 e. The molecule has 152 valence electrons. The van der Waals surface area contributed by atoms with Crippen LogP contribution in [0, 0.1) is 10.1 Å². The second-order valence-corrected chi connectivity index (χ2v) is 9.15. The van der Waals surface area contributed by atoms with Crippen LogP contribution in [-0.2, 0) is 5.41 Å². The van der Waals surface area contributed by atoms with Crippen LogP contribution in [0.5, 0.6) is 11.5 Å². The number of hydrogen-bond donors (Lipinski definition) is 0. The summed E-state index contributed by atoms with van der Waals surface area (Å²) in [6, 6.07) is 4.95. The number of benzene rings is 2. The van der Waals surface area contributed by atoms with E-state index < -0.39 is 16.1 Å². The number of fused-ring (bicyclic) bond motifs is 2. The number of nitro benzene ring substituents is 1. The van der Waals surface area contributed by atoms with Gasteiger partial charge < -0.3 is 14.4 Å². The van der Waals surface area contributed by atoms with Gasteiger partial charge in [0.15, 0.2) is 11.5 Å². The predicted octanol–water partition coefficient (Wildman–Crippen LogP) is 6.20. The minimum absolute atomic E-state index is 0.0954. The molecule has 1 atom stereocenters. The first kappa shape index (κ1) is 20.3. The summed E-state index contributed by atoms with van der Waals surface area (Å²) in [4.78, 5) is 12.9. The zero-order valence-electron chi connectivity index (χ0n) is 16.0. The Morgan fingerprint density at radius 1 is 1.28 bits per heavy atom. The third-order valence-corrected chi connectivity index (χ3v) is 7.12. The first-order chi connectivity index (χ1) is 13.5. The fraction of sp³-hybridized carbons (Fsp3) is 0.300. The fourth-order valence-corrected chi connectivity index (χ4v) is 5.42. The summed E-state index contributed by atoms with van der Waals surface area (Å²) in [6.07, 6.45) is 3.71. The number of nitrogens with zero attached hydrogens (tertiary/aromatic N) is 2.